The van der Waals surface area contributed by atoms with Crippen molar-refractivity contribution in [2.24, 2.45) is 0 Å². The Balaban J connectivity index is 1.91. The molecule has 0 saturated heterocycles. The third kappa shape index (κ3) is 4.85. The van der Waals surface area contributed by atoms with Crippen molar-refractivity contribution in [3.8, 4) is 0 Å². The number of carbonyl (C=O) groups is 2. The number of methoxy groups -OCH3 is 1. The van der Waals surface area contributed by atoms with Crippen LogP contribution in [0, 0.1) is 6.92 Å². The summed E-state index contributed by atoms with van der Waals surface area (Å²) in [5.41, 5.74) is 3.58. The zero-order valence-electron chi connectivity index (χ0n) is 13.3. The van der Waals surface area contributed by atoms with Crippen molar-refractivity contribution >= 4 is 18.1 Å². The summed E-state index contributed by atoms with van der Waals surface area (Å²) < 4.78 is 4.65. The molecule has 0 radical (unpaired) electrons. The molecule has 1 N–H and O–H groups in total. The number of hydrogen-bond acceptors (Lipinski definition) is 4. The van der Waals surface area contributed by atoms with Gasteiger partial charge in [-0.05, 0) is 36.8 Å². The lowest BCUT2D eigenvalue weighted by molar-refractivity contribution is -0.118. The first-order chi connectivity index (χ1) is 11.1. The van der Waals surface area contributed by atoms with E-state index < -0.39 is 0 Å². The Morgan fingerprint density at radius 2 is 1.78 bits per heavy atom. The standard InChI is InChI=1S/C18H20N2O3/c1-14-3-5-15(6-4-14)11-20(13-21)12-19-17-9-7-16(8-10-17)18(22)23-2/h3-10,13,19H,11-12H2,1-2H3. The molecule has 2 aromatic rings. The maximum atomic E-state index is 11.4. The summed E-state index contributed by atoms with van der Waals surface area (Å²) in [5.74, 6) is -0.370. The lowest BCUT2D eigenvalue weighted by atomic mass is 10.1. The summed E-state index contributed by atoms with van der Waals surface area (Å²) >= 11 is 0. The quantitative estimate of drug-likeness (QED) is 0.485. The molecule has 5 nitrogen and oxygen atoms in total. The van der Waals surface area contributed by atoms with Crippen LogP contribution in [0.5, 0.6) is 0 Å². The molecule has 0 aliphatic heterocycles. The van der Waals surface area contributed by atoms with Gasteiger partial charge in [-0.3, -0.25) is 4.79 Å². The molecule has 0 spiro atoms. The molecule has 0 atom stereocenters. The molecular formula is C18H20N2O3. The van der Waals surface area contributed by atoms with Crippen molar-refractivity contribution in [1.82, 2.24) is 4.90 Å². The van der Waals surface area contributed by atoms with Crippen LogP contribution in [0.1, 0.15) is 21.5 Å². The third-order valence-corrected chi connectivity index (χ3v) is 3.45. The van der Waals surface area contributed by atoms with Gasteiger partial charge < -0.3 is 15.0 Å². The second-order valence-corrected chi connectivity index (χ2v) is 5.24. The minimum atomic E-state index is -0.370. The average molecular weight is 312 g/mol. The zero-order valence-corrected chi connectivity index (χ0v) is 13.3. The number of hydrogen-bond donors (Lipinski definition) is 1. The highest BCUT2D eigenvalue weighted by Crippen LogP contribution is 2.11. The van der Waals surface area contributed by atoms with Gasteiger partial charge >= 0.3 is 5.97 Å². The minimum Gasteiger partial charge on any atom is -0.465 e. The van der Waals surface area contributed by atoms with E-state index in [1.165, 1.54) is 12.7 Å². The summed E-state index contributed by atoms with van der Waals surface area (Å²) in [6.45, 7) is 2.95. The Morgan fingerprint density at radius 1 is 1.13 bits per heavy atom. The van der Waals surface area contributed by atoms with Crippen molar-refractivity contribution in [3.05, 3.63) is 65.2 Å². The van der Waals surface area contributed by atoms with Crippen LogP contribution in [0.3, 0.4) is 0 Å². The number of nitrogens with one attached hydrogen (secondary N) is 1. The number of benzene rings is 2. The van der Waals surface area contributed by atoms with Crippen molar-refractivity contribution in [3.63, 3.8) is 0 Å². The fourth-order valence-corrected chi connectivity index (χ4v) is 2.09. The van der Waals surface area contributed by atoms with Gasteiger partial charge in [0.25, 0.3) is 0 Å². The van der Waals surface area contributed by atoms with E-state index in [1.807, 2.05) is 31.2 Å². The average Bonchev–Trinajstić information content (AvgIpc) is 2.60. The van der Waals surface area contributed by atoms with Gasteiger partial charge in [0, 0.05) is 12.2 Å². The molecule has 0 unspecified atom stereocenters. The molecule has 120 valence electrons. The van der Waals surface area contributed by atoms with Crippen LogP contribution in [0.25, 0.3) is 0 Å². The first-order valence-electron chi connectivity index (χ1n) is 7.29. The highest BCUT2D eigenvalue weighted by Gasteiger charge is 2.06. The summed E-state index contributed by atoms with van der Waals surface area (Å²) in [5, 5.41) is 3.15. The molecule has 23 heavy (non-hydrogen) atoms. The van der Waals surface area contributed by atoms with Crippen LogP contribution in [0.4, 0.5) is 5.69 Å². The molecule has 0 aliphatic rings. The van der Waals surface area contributed by atoms with Crippen LogP contribution in [-0.2, 0) is 16.1 Å². The Labute approximate surface area is 135 Å². The predicted octanol–water partition coefficient (Wildman–Crippen LogP) is 2.81. The number of nitrogens with zero attached hydrogens (tertiary/aromatic N) is 1. The van der Waals surface area contributed by atoms with Crippen LogP contribution < -0.4 is 5.32 Å². The second kappa shape index (κ2) is 7.98. The number of aryl methyl sites for hydroxylation is 1. The normalized spacial score (nSPS) is 10.0. The first-order valence-corrected chi connectivity index (χ1v) is 7.29. The van der Waals surface area contributed by atoms with E-state index in [9.17, 15) is 9.59 Å². The molecule has 5 heteroatoms. The molecule has 0 aromatic heterocycles. The fourth-order valence-electron chi connectivity index (χ4n) is 2.09. The Bertz CT molecular complexity index is 651. The van der Waals surface area contributed by atoms with Gasteiger partial charge in [-0.2, -0.15) is 0 Å². The minimum absolute atomic E-state index is 0.370. The third-order valence-electron chi connectivity index (χ3n) is 3.45. The topological polar surface area (TPSA) is 58.6 Å². The van der Waals surface area contributed by atoms with Crippen molar-refractivity contribution in [2.45, 2.75) is 13.5 Å². The maximum absolute atomic E-state index is 11.4. The van der Waals surface area contributed by atoms with Crippen LogP contribution in [-0.4, -0.2) is 31.1 Å². The molecular weight excluding hydrogens is 292 g/mol. The molecule has 2 rings (SSSR count). The Kier molecular flexibility index (Phi) is 5.74. The van der Waals surface area contributed by atoms with Gasteiger partial charge in [0.15, 0.2) is 0 Å². The van der Waals surface area contributed by atoms with Crippen LogP contribution in [0.2, 0.25) is 0 Å². The molecule has 0 saturated carbocycles. The van der Waals surface area contributed by atoms with Gasteiger partial charge in [0.2, 0.25) is 6.41 Å². The number of amides is 1. The first kappa shape index (κ1) is 16.5. The molecule has 0 heterocycles. The van der Waals surface area contributed by atoms with Gasteiger partial charge in [0.05, 0.1) is 19.3 Å². The lowest BCUT2D eigenvalue weighted by Crippen LogP contribution is -2.27. The van der Waals surface area contributed by atoms with Crippen LogP contribution >= 0.6 is 0 Å². The Hall–Kier alpha value is -2.82. The van der Waals surface area contributed by atoms with E-state index in [1.54, 1.807) is 29.2 Å². The van der Waals surface area contributed by atoms with E-state index in [-0.39, 0.29) is 5.97 Å². The summed E-state index contributed by atoms with van der Waals surface area (Å²) in [6, 6.07) is 15.0. The smallest absolute Gasteiger partial charge is 0.337 e. The summed E-state index contributed by atoms with van der Waals surface area (Å²) in [7, 11) is 1.35. The van der Waals surface area contributed by atoms with Crippen molar-refractivity contribution in [1.29, 1.82) is 0 Å². The highest BCUT2D eigenvalue weighted by molar-refractivity contribution is 5.89. The number of rotatable bonds is 7. The molecule has 2 aromatic carbocycles. The number of esters is 1. The Morgan fingerprint density at radius 3 is 2.35 bits per heavy atom. The van der Waals surface area contributed by atoms with E-state index in [0.717, 1.165) is 17.7 Å². The monoisotopic (exact) mass is 312 g/mol. The molecule has 0 bridgehead atoms. The largest absolute Gasteiger partial charge is 0.465 e. The number of ether oxygens (including phenoxy) is 1. The van der Waals surface area contributed by atoms with Gasteiger partial charge in [-0.15, -0.1) is 0 Å². The van der Waals surface area contributed by atoms with Gasteiger partial charge in [-0.25, -0.2) is 4.79 Å². The highest BCUT2D eigenvalue weighted by atomic mass is 16.5. The molecule has 0 aliphatic carbocycles. The second-order valence-electron chi connectivity index (χ2n) is 5.24. The van der Waals surface area contributed by atoms with Crippen molar-refractivity contribution < 1.29 is 14.3 Å². The lowest BCUT2D eigenvalue weighted by Gasteiger charge is -2.19. The molecule has 1 amide bonds. The van der Waals surface area contributed by atoms with Crippen molar-refractivity contribution in [2.75, 3.05) is 19.1 Å². The fraction of sp³-hybridized carbons (Fsp3) is 0.222. The number of anilines is 1. The van der Waals surface area contributed by atoms with Gasteiger partial charge in [-0.1, -0.05) is 29.8 Å². The summed E-state index contributed by atoms with van der Waals surface area (Å²) in [6.07, 6.45) is 0.815. The SMILES string of the molecule is COC(=O)c1ccc(NCN(C=O)Cc2ccc(C)cc2)cc1. The van der Waals surface area contributed by atoms with Crippen LogP contribution in [0.15, 0.2) is 48.5 Å². The maximum Gasteiger partial charge on any atom is 0.337 e. The van der Waals surface area contributed by atoms with E-state index in [4.69, 9.17) is 0 Å². The number of carbonyl (C=O) groups excluding carboxylic acids is 2. The van der Waals surface area contributed by atoms with E-state index in [0.29, 0.717) is 18.8 Å². The zero-order chi connectivity index (χ0) is 16.7. The van der Waals surface area contributed by atoms with E-state index in [2.05, 4.69) is 10.1 Å². The summed E-state index contributed by atoms with van der Waals surface area (Å²) in [4.78, 5) is 24.2. The van der Waals surface area contributed by atoms with Gasteiger partial charge in [0.1, 0.15) is 0 Å². The molecule has 0 fully saturated rings. The van der Waals surface area contributed by atoms with E-state index >= 15 is 0 Å². The predicted molar refractivity (Wildman–Crippen MR) is 89.1 cm³/mol.